The van der Waals surface area contributed by atoms with Gasteiger partial charge in [-0.25, -0.2) is 4.98 Å². The van der Waals surface area contributed by atoms with Gasteiger partial charge in [0.05, 0.1) is 18.2 Å². The SMILES string of the molecule is Nc1nc(-c2ccc(CC(N)C(=O)O)cc2)cc(N2CCCC(C(=O)NCCO)C2)n1. The number of rotatable bonds is 8. The topological polar surface area (TPSA) is 168 Å². The van der Waals surface area contributed by atoms with Gasteiger partial charge in [-0.2, -0.15) is 4.98 Å². The largest absolute Gasteiger partial charge is 0.480 e. The van der Waals surface area contributed by atoms with Crippen LogP contribution in [0, 0.1) is 5.92 Å². The van der Waals surface area contributed by atoms with Gasteiger partial charge in [-0.3, -0.25) is 9.59 Å². The first-order valence-corrected chi connectivity index (χ1v) is 10.2. The van der Waals surface area contributed by atoms with Gasteiger partial charge in [0.25, 0.3) is 0 Å². The number of aliphatic hydroxyl groups is 1. The van der Waals surface area contributed by atoms with Crippen molar-refractivity contribution in [2.75, 3.05) is 36.9 Å². The van der Waals surface area contributed by atoms with E-state index < -0.39 is 12.0 Å². The minimum atomic E-state index is -1.04. The number of hydrogen-bond donors (Lipinski definition) is 5. The summed E-state index contributed by atoms with van der Waals surface area (Å²) < 4.78 is 0. The molecule has 1 saturated heterocycles. The predicted molar refractivity (Wildman–Crippen MR) is 116 cm³/mol. The number of benzene rings is 1. The molecule has 0 bridgehead atoms. The normalized spacial score (nSPS) is 17.2. The number of carbonyl (C=O) groups is 2. The van der Waals surface area contributed by atoms with E-state index in [1.165, 1.54) is 0 Å². The Labute approximate surface area is 180 Å². The van der Waals surface area contributed by atoms with Crippen molar-refractivity contribution in [3.05, 3.63) is 35.9 Å². The van der Waals surface area contributed by atoms with E-state index in [2.05, 4.69) is 15.3 Å². The third-order valence-electron chi connectivity index (χ3n) is 5.28. The number of carboxylic acid groups (broad SMARTS) is 1. The summed E-state index contributed by atoms with van der Waals surface area (Å²) in [5.74, 6) is -0.508. The van der Waals surface area contributed by atoms with Crippen molar-refractivity contribution in [1.29, 1.82) is 0 Å². The van der Waals surface area contributed by atoms with Crippen molar-refractivity contribution in [1.82, 2.24) is 15.3 Å². The lowest BCUT2D eigenvalue weighted by molar-refractivity contribution is -0.138. The van der Waals surface area contributed by atoms with Crippen LogP contribution in [-0.2, 0) is 16.0 Å². The zero-order chi connectivity index (χ0) is 22.4. The van der Waals surface area contributed by atoms with Gasteiger partial charge in [0.15, 0.2) is 0 Å². The van der Waals surface area contributed by atoms with Crippen LogP contribution in [0.25, 0.3) is 11.3 Å². The molecular formula is C21H28N6O4. The zero-order valence-electron chi connectivity index (χ0n) is 17.2. The Morgan fingerprint density at radius 1 is 1.26 bits per heavy atom. The number of aliphatic carboxylic acids is 1. The highest BCUT2D eigenvalue weighted by molar-refractivity contribution is 5.79. The summed E-state index contributed by atoms with van der Waals surface area (Å²) in [4.78, 5) is 33.9. The number of aliphatic hydroxyl groups excluding tert-OH is 1. The molecular weight excluding hydrogens is 400 g/mol. The Balaban J connectivity index is 1.75. The molecule has 166 valence electrons. The highest BCUT2D eigenvalue weighted by Crippen LogP contribution is 2.27. The average Bonchev–Trinajstić information content (AvgIpc) is 2.77. The molecule has 1 aliphatic heterocycles. The number of nitrogen functional groups attached to an aromatic ring is 1. The maximum absolute atomic E-state index is 12.3. The first-order valence-electron chi connectivity index (χ1n) is 10.2. The van der Waals surface area contributed by atoms with E-state index >= 15 is 0 Å². The third-order valence-corrected chi connectivity index (χ3v) is 5.28. The number of nitrogens with two attached hydrogens (primary N) is 2. The van der Waals surface area contributed by atoms with Crippen LogP contribution in [0.15, 0.2) is 30.3 Å². The van der Waals surface area contributed by atoms with Gasteiger partial charge in [0.2, 0.25) is 11.9 Å². The molecule has 10 nitrogen and oxygen atoms in total. The third kappa shape index (κ3) is 5.89. The fourth-order valence-electron chi connectivity index (χ4n) is 3.64. The van der Waals surface area contributed by atoms with Gasteiger partial charge in [0, 0.05) is 31.3 Å². The van der Waals surface area contributed by atoms with Gasteiger partial charge in [0.1, 0.15) is 11.9 Å². The first kappa shape index (κ1) is 22.4. The van der Waals surface area contributed by atoms with Crippen LogP contribution in [0.3, 0.4) is 0 Å². The molecule has 0 saturated carbocycles. The number of anilines is 2. The highest BCUT2D eigenvalue weighted by Gasteiger charge is 2.27. The van der Waals surface area contributed by atoms with E-state index in [1.807, 2.05) is 35.2 Å². The summed E-state index contributed by atoms with van der Waals surface area (Å²) in [5, 5.41) is 20.6. The summed E-state index contributed by atoms with van der Waals surface area (Å²) in [6, 6.07) is 8.21. The lowest BCUT2D eigenvalue weighted by Crippen LogP contribution is -2.44. The van der Waals surface area contributed by atoms with E-state index in [0.29, 0.717) is 18.1 Å². The second-order valence-corrected chi connectivity index (χ2v) is 7.62. The van der Waals surface area contributed by atoms with Crippen molar-refractivity contribution >= 4 is 23.6 Å². The highest BCUT2D eigenvalue weighted by atomic mass is 16.4. The number of nitrogens with one attached hydrogen (secondary N) is 1. The van der Waals surface area contributed by atoms with E-state index in [4.69, 9.17) is 21.7 Å². The van der Waals surface area contributed by atoms with Gasteiger partial charge in [-0.05, 0) is 24.8 Å². The predicted octanol–water partition coefficient (Wildman–Crippen LogP) is 0.00510. The number of carbonyl (C=O) groups excluding carboxylic acids is 1. The van der Waals surface area contributed by atoms with Gasteiger partial charge >= 0.3 is 5.97 Å². The molecule has 2 atom stereocenters. The van der Waals surface area contributed by atoms with Crippen molar-refractivity contribution in [2.45, 2.75) is 25.3 Å². The van der Waals surface area contributed by atoms with Gasteiger partial charge in [-0.15, -0.1) is 0 Å². The van der Waals surface area contributed by atoms with Crippen LogP contribution in [0.5, 0.6) is 0 Å². The number of amides is 1. The van der Waals surface area contributed by atoms with Crippen LogP contribution in [0.4, 0.5) is 11.8 Å². The van der Waals surface area contributed by atoms with Crippen LogP contribution in [-0.4, -0.2) is 64.3 Å². The molecule has 1 aromatic carbocycles. The first-order chi connectivity index (χ1) is 14.9. The van der Waals surface area contributed by atoms with Crippen LogP contribution in [0.1, 0.15) is 18.4 Å². The molecule has 10 heteroatoms. The Bertz CT molecular complexity index is 921. The average molecular weight is 428 g/mol. The van der Waals surface area contributed by atoms with E-state index in [1.54, 1.807) is 0 Å². The van der Waals surface area contributed by atoms with E-state index in [0.717, 1.165) is 30.5 Å². The molecule has 1 aliphatic rings. The van der Waals surface area contributed by atoms with Crippen molar-refractivity contribution < 1.29 is 19.8 Å². The summed E-state index contributed by atoms with van der Waals surface area (Å²) in [7, 11) is 0. The number of carboxylic acids is 1. The molecule has 1 aromatic heterocycles. The molecule has 0 radical (unpaired) electrons. The molecule has 3 rings (SSSR count). The Hall–Kier alpha value is -3.24. The monoisotopic (exact) mass is 428 g/mol. The molecule has 2 aromatic rings. The molecule has 7 N–H and O–H groups in total. The smallest absolute Gasteiger partial charge is 0.320 e. The van der Waals surface area contributed by atoms with Crippen molar-refractivity contribution in [2.24, 2.45) is 11.7 Å². The summed E-state index contributed by atoms with van der Waals surface area (Å²) in [6.45, 7) is 1.42. The zero-order valence-corrected chi connectivity index (χ0v) is 17.2. The molecule has 0 spiro atoms. The summed E-state index contributed by atoms with van der Waals surface area (Å²) in [5.41, 5.74) is 13.8. The Kier molecular flexibility index (Phi) is 7.37. The Morgan fingerprint density at radius 2 is 2.00 bits per heavy atom. The van der Waals surface area contributed by atoms with Crippen LogP contribution in [0.2, 0.25) is 0 Å². The van der Waals surface area contributed by atoms with Crippen LogP contribution >= 0.6 is 0 Å². The van der Waals surface area contributed by atoms with Gasteiger partial charge < -0.3 is 31.9 Å². The lowest BCUT2D eigenvalue weighted by atomic mass is 9.97. The second-order valence-electron chi connectivity index (χ2n) is 7.62. The molecule has 1 fully saturated rings. The molecule has 2 heterocycles. The summed E-state index contributed by atoms with van der Waals surface area (Å²) >= 11 is 0. The number of aromatic nitrogens is 2. The maximum Gasteiger partial charge on any atom is 0.320 e. The van der Waals surface area contributed by atoms with Gasteiger partial charge in [-0.1, -0.05) is 24.3 Å². The number of piperidine rings is 1. The lowest BCUT2D eigenvalue weighted by Gasteiger charge is -2.33. The molecule has 1 amide bonds. The second kappa shape index (κ2) is 10.2. The molecule has 0 aliphatic carbocycles. The molecule has 31 heavy (non-hydrogen) atoms. The molecule has 2 unspecified atom stereocenters. The number of hydrogen-bond acceptors (Lipinski definition) is 8. The quantitative estimate of drug-likeness (QED) is 0.389. The maximum atomic E-state index is 12.3. The standard InChI is InChI=1S/C21H28N6O4/c22-16(20(30)31)10-13-3-5-14(6-4-13)17-11-18(26-21(23)25-17)27-8-1-2-15(12-27)19(29)24-7-9-28/h3-6,11,15-16,28H,1-2,7-10,12,22H2,(H,24,29)(H,30,31)(H2,23,25,26). The van der Waals surface area contributed by atoms with Crippen molar-refractivity contribution in [3.63, 3.8) is 0 Å². The summed E-state index contributed by atoms with van der Waals surface area (Å²) in [6.07, 6.45) is 1.86. The van der Waals surface area contributed by atoms with Crippen molar-refractivity contribution in [3.8, 4) is 11.3 Å². The van der Waals surface area contributed by atoms with E-state index in [9.17, 15) is 9.59 Å². The fraction of sp³-hybridized carbons (Fsp3) is 0.429. The minimum absolute atomic E-state index is 0.0730. The Morgan fingerprint density at radius 3 is 2.68 bits per heavy atom. The number of nitrogens with zero attached hydrogens (tertiary/aromatic N) is 3. The van der Waals surface area contributed by atoms with E-state index in [-0.39, 0.29) is 37.3 Å². The van der Waals surface area contributed by atoms with Crippen LogP contribution < -0.4 is 21.7 Å². The fourth-order valence-corrected chi connectivity index (χ4v) is 3.64. The minimum Gasteiger partial charge on any atom is -0.480 e.